The number of rotatable bonds is 4. The Morgan fingerprint density at radius 1 is 1.28 bits per heavy atom. The summed E-state index contributed by atoms with van der Waals surface area (Å²) in [7, 11) is 0. The Balaban J connectivity index is 2.41. The van der Waals surface area contributed by atoms with E-state index >= 15 is 0 Å². The molecule has 3 nitrogen and oxygen atoms in total. The van der Waals surface area contributed by atoms with Crippen molar-refractivity contribution in [1.29, 1.82) is 0 Å². The Bertz CT molecular complexity index is 427. The normalized spacial score (nSPS) is 14.7. The third kappa shape index (κ3) is 2.75. The van der Waals surface area contributed by atoms with Crippen molar-refractivity contribution in [3.63, 3.8) is 0 Å². The van der Waals surface area contributed by atoms with E-state index in [4.69, 9.17) is 15.2 Å². The zero-order valence-electron chi connectivity index (χ0n) is 11.0. The van der Waals surface area contributed by atoms with E-state index in [1.54, 1.807) is 19.9 Å². The summed E-state index contributed by atoms with van der Waals surface area (Å²) >= 11 is 0. The number of hydrogen-bond acceptors (Lipinski definition) is 3. The van der Waals surface area contributed by atoms with Crippen LogP contribution in [0.1, 0.15) is 31.4 Å². The van der Waals surface area contributed by atoms with Gasteiger partial charge in [0.1, 0.15) is 18.9 Å². The van der Waals surface area contributed by atoms with Gasteiger partial charge in [-0.05, 0) is 56.5 Å². The standard InChI is InChI=1S/C14H20FNO2/c1-14(2,15)11-8-10(4-3-5-16)13-12(9-11)17-6-7-18-13/h8-9H,3-7,16H2,1-2H3. The topological polar surface area (TPSA) is 44.5 Å². The van der Waals surface area contributed by atoms with Gasteiger partial charge in [0.25, 0.3) is 0 Å². The molecule has 0 amide bonds. The Kier molecular flexibility index (Phi) is 3.76. The van der Waals surface area contributed by atoms with Crippen LogP contribution in [-0.2, 0) is 12.1 Å². The molecule has 0 fully saturated rings. The van der Waals surface area contributed by atoms with Crippen molar-refractivity contribution in [3.8, 4) is 11.5 Å². The number of aryl methyl sites for hydroxylation is 1. The molecular formula is C14H20FNO2. The summed E-state index contributed by atoms with van der Waals surface area (Å²) in [6.07, 6.45) is 1.64. The van der Waals surface area contributed by atoms with E-state index in [1.807, 2.05) is 6.07 Å². The summed E-state index contributed by atoms with van der Waals surface area (Å²) in [5, 5.41) is 0. The predicted molar refractivity (Wildman–Crippen MR) is 68.9 cm³/mol. The van der Waals surface area contributed by atoms with Gasteiger partial charge in [-0.25, -0.2) is 4.39 Å². The smallest absolute Gasteiger partial charge is 0.164 e. The Morgan fingerprint density at radius 3 is 2.67 bits per heavy atom. The molecule has 0 aromatic heterocycles. The van der Waals surface area contributed by atoms with Crippen LogP contribution in [0.3, 0.4) is 0 Å². The highest BCUT2D eigenvalue weighted by atomic mass is 19.1. The lowest BCUT2D eigenvalue weighted by Gasteiger charge is -2.24. The minimum atomic E-state index is -1.38. The molecule has 2 N–H and O–H groups in total. The molecule has 0 spiro atoms. The van der Waals surface area contributed by atoms with E-state index in [0.717, 1.165) is 24.2 Å². The van der Waals surface area contributed by atoms with Crippen molar-refractivity contribution < 1.29 is 13.9 Å². The highest BCUT2D eigenvalue weighted by Gasteiger charge is 2.25. The van der Waals surface area contributed by atoms with Crippen molar-refractivity contribution >= 4 is 0 Å². The first-order valence-corrected chi connectivity index (χ1v) is 6.34. The van der Waals surface area contributed by atoms with Gasteiger partial charge in [-0.1, -0.05) is 0 Å². The summed E-state index contributed by atoms with van der Waals surface area (Å²) in [5.41, 5.74) is 5.76. The third-order valence-electron chi connectivity index (χ3n) is 3.06. The zero-order chi connectivity index (χ0) is 13.2. The number of hydrogen-bond donors (Lipinski definition) is 1. The van der Waals surface area contributed by atoms with Gasteiger partial charge in [0.2, 0.25) is 0 Å². The maximum Gasteiger partial charge on any atom is 0.164 e. The van der Waals surface area contributed by atoms with Gasteiger partial charge in [-0.3, -0.25) is 0 Å². The monoisotopic (exact) mass is 253 g/mol. The molecular weight excluding hydrogens is 233 g/mol. The Hall–Kier alpha value is -1.29. The highest BCUT2D eigenvalue weighted by molar-refractivity contribution is 5.51. The number of fused-ring (bicyclic) bond motifs is 1. The van der Waals surface area contributed by atoms with Crippen LogP contribution in [-0.4, -0.2) is 19.8 Å². The maximum absolute atomic E-state index is 14.1. The largest absolute Gasteiger partial charge is 0.486 e. The molecule has 0 atom stereocenters. The van der Waals surface area contributed by atoms with E-state index in [0.29, 0.717) is 31.1 Å². The lowest BCUT2D eigenvalue weighted by atomic mass is 9.95. The average Bonchev–Trinajstić information content (AvgIpc) is 2.34. The molecule has 4 heteroatoms. The van der Waals surface area contributed by atoms with Gasteiger partial charge in [0.15, 0.2) is 11.5 Å². The summed E-state index contributed by atoms with van der Waals surface area (Å²) < 4.78 is 25.3. The molecule has 100 valence electrons. The number of halogens is 1. The molecule has 0 bridgehead atoms. The molecule has 0 saturated carbocycles. The molecule has 0 aliphatic carbocycles. The van der Waals surface area contributed by atoms with Crippen molar-refractivity contribution in [2.24, 2.45) is 5.73 Å². The SMILES string of the molecule is CC(C)(F)c1cc(CCCN)c2c(c1)OCCO2. The highest BCUT2D eigenvalue weighted by Crippen LogP contribution is 2.39. The quantitative estimate of drug-likeness (QED) is 0.897. The van der Waals surface area contributed by atoms with Gasteiger partial charge >= 0.3 is 0 Å². The summed E-state index contributed by atoms with van der Waals surface area (Å²) in [6.45, 7) is 4.76. The second-order valence-corrected chi connectivity index (χ2v) is 5.02. The first-order chi connectivity index (χ1) is 8.52. The van der Waals surface area contributed by atoms with Gasteiger partial charge < -0.3 is 15.2 Å². The van der Waals surface area contributed by atoms with Crippen molar-refractivity contribution in [1.82, 2.24) is 0 Å². The fraction of sp³-hybridized carbons (Fsp3) is 0.571. The van der Waals surface area contributed by atoms with Gasteiger partial charge in [-0.15, -0.1) is 0 Å². The van der Waals surface area contributed by atoms with Gasteiger partial charge in [0, 0.05) is 0 Å². The second-order valence-electron chi connectivity index (χ2n) is 5.02. The molecule has 1 aliphatic heterocycles. The Labute approximate surface area is 107 Å². The van der Waals surface area contributed by atoms with Crippen molar-refractivity contribution in [2.45, 2.75) is 32.4 Å². The van der Waals surface area contributed by atoms with E-state index < -0.39 is 5.67 Å². The van der Waals surface area contributed by atoms with Crippen molar-refractivity contribution in [3.05, 3.63) is 23.3 Å². The molecule has 1 aliphatic rings. The summed E-state index contributed by atoms with van der Waals surface area (Å²) in [4.78, 5) is 0. The maximum atomic E-state index is 14.1. The van der Waals surface area contributed by atoms with Crippen molar-refractivity contribution in [2.75, 3.05) is 19.8 Å². The number of nitrogens with two attached hydrogens (primary N) is 1. The van der Waals surface area contributed by atoms with Crippen LogP contribution in [0.15, 0.2) is 12.1 Å². The van der Waals surface area contributed by atoms with E-state index in [9.17, 15) is 4.39 Å². The van der Waals surface area contributed by atoms with Crippen LogP contribution in [0.2, 0.25) is 0 Å². The average molecular weight is 253 g/mol. The fourth-order valence-electron chi connectivity index (χ4n) is 2.05. The summed E-state index contributed by atoms with van der Waals surface area (Å²) in [6, 6.07) is 3.60. The molecule has 18 heavy (non-hydrogen) atoms. The molecule has 0 unspecified atom stereocenters. The van der Waals surface area contributed by atoms with E-state index in [-0.39, 0.29) is 0 Å². The molecule has 1 aromatic carbocycles. The molecule has 1 aromatic rings. The number of alkyl halides is 1. The van der Waals surface area contributed by atoms with Crippen LogP contribution in [0, 0.1) is 0 Å². The zero-order valence-corrected chi connectivity index (χ0v) is 11.0. The minimum Gasteiger partial charge on any atom is -0.486 e. The molecule has 2 rings (SSSR count). The molecule has 0 saturated heterocycles. The first-order valence-electron chi connectivity index (χ1n) is 6.34. The van der Waals surface area contributed by atoms with Crippen LogP contribution >= 0.6 is 0 Å². The number of benzene rings is 1. The third-order valence-corrected chi connectivity index (χ3v) is 3.06. The van der Waals surface area contributed by atoms with Crippen LogP contribution in [0.5, 0.6) is 11.5 Å². The first kappa shape index (κ1) is 13.1. The molecule has 1 heterocycles. The van der Waals surface area contributed by atoms with Crippen LogP contribution < -0.4 is 15.2 Å². The van der Waals surface area contributed by atoms with Crippen LogP contribution in [0.25, 0.3) is 0 Å². The van der Waals surface area contributed by atoms with Crippen LogP contribution in [0.4, 0.5) is 4.39 Å². The lowest BCUT2D eigenvalue weighted by molar-refractivity contribution is 0.167. The lowest BCUT2D eigenvalue weighted by Crippen LogP contribution is -2.19. The molecule has 0 radical (unpaired) electrons. The summed E-state index contributed by atoms with van der Waals surface area (Å²) in [5.74, 6) is 1.40. The Morgan fingerprint density at radius 2 is 2.00 bits per heavy atom. The second kappa shape index (κ2) is 5.14. The van der Waals surface area contributed by atoms with Gasteiger partial charge in [-0.2, -0.15) is 0 Å². The number of ether oxygens (including phenoxy) is 2. The van der Waals surface area contributed by atoms with E-state index in [2.05, 4.69) is 0 Å². The fourth-order valence-corrected chi connectivity index (χ4v) is 2.05. The van der Waals surface area contributed by atoms with E-state index in [1.165, 1.54) is 0 Å². The van der Waals surface area contributed by atoms with Gasteiger partial charge in [0.05, 0.1) is 0 Å². The minimum absolute atomic E-state index is 0.513. The predicted octanol–water partition coefficient (Wildman–Crippen LogP) is 2.55.